The van der Waals surface area contributed by atoms with Gasteiger partial charge in [0.1, 0.15) is 0 Å². The van der Waals surface area contributed by atoms with Crippen LogP contribution in [0.3, 0.4) is 0 Å². The van der Waals surface area contributed by atoms with E-state index in [-0.39, 0.29) is 6.04 Å². The summed E-state index contributed by atoms with van der Waals surface area (Å²) in [5, 5.41) is 3.35. The third-order valence-electron chi connectivity index (χ3n) is 4.49. The molecule has 19 heavy (non-hydrogen) atoms. The summed E-state index contributed by atoms with van der Waals surface area (Å²) in [4.78, 5) is 16.6. The van der Waals surface area contributed by atoms with E-state index in [0.29, 0.717) is 11.8 Å². The molecule has 1 unspecified atom stereocenters. The van der Waals surface area contributed by atoms with Crippen molar-refractivity contribution in [3.63, 3.8) is 0 Å². The van der Waals surface area contributed by atoms with E-state index in [1.807, 2.05) is 4.90 Å². The van der Waals surface area contributed by atoms with Crippen molar-refractivity contribution in [1.82, 2.24) is 15.1 Å². The molecule has 4 heteroatoms. The second kappa shape index (κ2) is 6.71. The van der Waals surface area contributed by atoms with Gasteiger partial charge in [-0.15, -0.1) is 0 Å². The van der Waals surface area contributed by atoms with Gasteiger partial charge in [-0.05, 0) is 57.7 Å². The van der Waals surface area contributed by atoms with Crippen molar-refractivity contribution in [2.75, 3.05) is 33.4 Å². The Morgan fingerprint density at radius 3 is 2.63 bits per heavy atom. The van der Waals surface area contributed by atoms with Gasteiger partial charge in [0.15, 0.2) is 0 Å². The fraction of sp³-hybridized carbons (Fsp3) is 0.933. The maximum absolute atomic E-state index is 12.2. The Bertz CT molecular complexity index is 298. The molecule has 2 heterocycles. The molecule has 2 fully saturated rings. The lowest BCUT2D eigenvalue weighted by atomic mass is 9.93. The van der Waals surface area contributed by atoms with Crippen LogP contribution in [-0.2, 0) is 4.79 Å². The lowest BCUT2D eigenvalue weighted by Gasteiger charge is -2.30. The summed E-state index contributed by atoms with van der Waals surface area (Å²) in [6, 6.07) is 0.0671. The molecule has 0 aromatic rings. The number of amides is 1. The second-order valence-electron chi connectivity index (χ2n) is 6.68. The van der Waals surface area contributed by atoms with Crippen molar-refractivity contribution in [3.05, 3.63) is 0 Å². The normalized spacial score (nSPS) is 26.6. The summed E-state index contributed by atoms with van der Waals surface area (Å²) in [5.41, 5.74) is 0. The van der Waals surface area contributed by atoms with Crippen LogP contribution in [-0.4, -0.2) is 55.1 Å². The summed E-state index contributed by atoms with van der Waals surface area (Å²) >= 11 is 0. The highest BCUT2D eigenvalue weighted by molar-refractivity contribution is 5.83. The minimum atomic E-state index is 0.0671. The maximum Gasteiger partial charge on any atom is 0.240 e. The lowest BCUT2D eigenvalue weighted by molar-refractivity contribution is -0.129. The Morgan fingerprint density at radius 2 is 2.00 bits per heavy atom. The first kappa shape index (κ1) is 14.8. The molecule has 0 aromatic heterocycles. The van der Waals surface area contributed by atoms with Crippen LogP contribution < -0.4 is 5.32 Å². The molecule has 1 N–H and O–H groups in total. The van der Waals surface area contributed by atoms with Crippen molar-refractivity contribution < 1.29 is 4.79 Å². The number of hydrogen-bond donors (Lipinski definition) is 1. The van der Waals surface area contributed by atoms with Crippen LogP contribution in [0.2, 0.25) is 0 Å². The van der Waals surface area contributed by atoms with Crippen LogP contribution in [0.1, 0.15) is 39.5 Å². The molecule has 0 radical (unpaired) electrons. The van der Waals surface area contributed by atoms with Crippen molar-refractivity contribution in [1.29, 1.82) is 0 Å². The van der Waals surface area contributed by atoms with Crippen molar-refractivity contribution >= 4 is 5.91 Å². The van der Waals surface area contributed by atoms with Gasteiger partial charge in [-0.1, -0.05) is 13.8 Å². The Hall–Kier alpha value is -0.610. The fourth-order valence-corrected chi connectivity index (χ4v) is 3.14. The van der Waals surface area contributed by atoms with Crippen LogP contribution in [0, 0.1) is 11.8 Å². The predicted molar refractivity (Wildman–Crippen MR) is 77.8 cm³/mol. The summed E-state index contributed by atoms with van der Waals surface area (Å²) in [6.45, 7) is 8.48. The van der Waals surface area contributed by atoms with Crippen LogP contribution in [0.4, 0.5) is 0 Å². The van der Waals surface area contributed by atoms with Gasteiger partial charge < -0.3 is 9.80 Å². The van der Waals surface area contributed by atoms with Gasteiger partial charge in [-0.3, -0.25) is 10.1 Å². The minimum absolute atomic E-state index is 0.0671. The molecule has 2 saturated heterocycles. The van der Waals surface area contributed by atoms with Crippen molar-refractivity contribution in [3.8, 4) is 0 Å². The van der Waals surface area contributed by atoms with Crippen LogP contribution in [0.25, 0.3) is 0 Å². The first-order chi connectivity index (χ1) is 9.06. The molecule has 4 nitrogen and oxygen atoms in total. The number of nitrogens with zero attached hydrogens (tertiary/aromatic N) is 2. The molecule has 0 aromatic carbocycles. The van der Waals surface area contributed by atoms with Gasteiger partial charge in [0.2, 0.25) is 5.91 Å². The second-order valence-corrected chi connectivity index (χ2v) is 6.68. The van der Waals surface area contributed by atoms with Crippen LogP contribution in [0.15, 0.2) is 0 Å². The van der Waals surface area contributed by atoms with Gasteiger partial charge >= 0.3 is 0 Å². The van der Waals surface area contributed by atoms with E-state index in [4.69, 9.17) is 0 Å². The molecular weight excluding hydrogens is 238 g/mol. The van der Waals surface area contributed by atoms with E-state index in [9.17, 15) is 4.79 Å². The Labute approximate surface area is 117 Å². The highest BCUT2D eigenvalue weighted by Gasteiger charge is 2.31. The van der Waals surface area contributed by atoms with E-state index >= 15 is 0 Å². The Kier molecular flexibility index (Phi) is 5.22. The van der Waals surface area contributed by atoms with E-state index in [2.05, 4.69) is 31.1 Å². The first-order valence-corrected chi connectivity index (χ1v) is 7.77. The zero-order valence-electron chi connectivity index (χ0n) is 12.7. The molecule has 2 aliphatic rings. The summed E-state index contributed by atoms with van der Waals surface area (Å²) in [6.07, 6.45) is 4.72. The summed E-state index contributed by atoms with van der Waals surface area (Å²) in [7, 11) is 2.20. The molecule has 2 rings (SSSR count). The topological polar surface area (TPSA) is 35.6 Å². The molecule has 1 amide bonds. The number of hydrogen-bond acceptors (Lipinski definition) is 3. The number of carbonyl (C=O) groups excluding carboxylic acids is 1. The number of rotatable bonds is 5. The van der Waals surface area contributed by atoms with E-state index in [1.165, 1.54) is 32.4 Å². The fourth-order valence-electron chi connectivity index (χ4n) is 3.14. The smallest absolute Gasteiger partial charge is 0.240 e. The van der Waals surface area contributed by atoms with E-state index < -0.39 is 0 Å². The molecule has 0 spiro atoms. The van der Waals surface area contributed by atoms with Gasteiger partial charge in [0.05, 0.1) is 12.7 Å². The molecule has 1 atom stereocenters. The zero-order chi connectivity index (χ0) is 13.8. The van der Waals surface area contributed by atoms with E-state index in [0.717, 1.165) is 25.6 Å². The number of nitrogens with one attached hydrogen (secondary N) is 1. The average molecular weight is 267 g/mol. The molecule has 2 aliphatic heterocycles. The van der Waals surface area contributed by atoms with Gasteiger partial charge in [0.25, 0.3) is 0 Å². The predicted octanol–water partition coefficient (Wildman–Crippen LogP) is 1.52. The number of carbonyl (C=O) groups is 1. The van der Waals surface area contributed by atoms with E-state index in [1.54, 1.807) is 0 Å². The third-order valence-corrected chi connectivity index (χ3v) is 4.49. The first-order valence-electron chi connectivity index (χ1n) is 7.77. The largest absolute Gasteiger partial charge is 0.329 e. The SMILES string of the molecule is CC(C)CC1NCN(CCC2CCN(C)CC2)C1=O. The minimum Gasteiger partial charge on any atom is -0.329 e. The van der Waals surface area contributed by atoms with Crippen LogP contribution >= 0.6 is 0 Å². The van der Waals surface area contributed by atoms with Crippen LogP contribution in [0.5, 0.6) is 0 Å². The quantitative estimate of drug-likeness (QED) is 0.820. The highest BCUT2D eigenvalue weighted by Crippen LogP contribution is 2.21. The Balaban J connectivity index is 1.70. The maximum atomic E-state index is 12.2. The number of piperidine rings is 1. The summed E-state index contributed by atoms with van der Waals surface area (Å²) in [5.74, 6) is 1.71. The molecule has 0 aliphatic carbocycles. The molecule has 110 valence electrons. The van der Waals surface area contributed by atoms with Gasteiger partial charge in [-0.25, -0.2) is 0 Å². The lowest BCUT2D eigenvalue weighted by Crippen LogP contribution is -2.35. The van der Waals surface area contributed by atoms with Crippen molar-refractivity contribution in [2.24, 2.45) is 11.8 Å². The monoisotopic (exact) mass is 267 g/mol. The standard InChI is InChI=1S/C15H29N3O/c1-12(2)10-14-15(19)18(11-16-14)9-6-13-4-7-17(3)8-5-13/h12-14,16H,4-11H2,1-3H3. The highest BCUT2D eigenvalue weighted by atomic mass is 16.2. The van der Waals surface area contributed by atoms with Gasteiger partial charge in [0, 0.05) is 6.54 Å². The third kappa shape index (κ3) is 4.18. The number of likely N-dealkylation sites (tertiary alicyclic amines) is 1. The van der Waals surface area contributed by atoms with Crippen molar-refractivity contribution in [2.45, 2.75) is 45.6 Å². The zero-order valence-corrected chi connectivity index (χ0v) is 12.7. The molecule has 0 saturated carbocycles. The average Bonchev–Trinajstić information content (AvgIpc) is 2.70. The molecular formula is C15H29N3O. The Morgan fingerprint density at radius 1 is 1.32 bits per heavy atom. The van der Waals surface area contributed by atoms with Gasteiger partial charge in [-0.2, -0.15) is 0 Å². The summed E-state index contributed by atoms with van der Waals surface area (Å²) < 4.78 is 0. The molecule has 0 bridgehead atoms.